The van der Waals surface area contributed by atoms with Crippen molar-refractivity contribution in [2.24, 2.45) is 22.7 Å². The van der Waals surface area contributed by atoms with E-state index in [-0.39, 0.29) is 23.0 Å². The Bertz CT molecular complexity index is 528. The van der Waals surface area contributed by atoms with Crippen molar-refractivity contribution in [2.45, 2.75) is 85.7 Å². The lowest BCUT2D eigenvalue weighted by molar-refractivity contribution is -0.206. The van der Waals surface area contributed by atoms with Crippen LogP contribution in [0.3, 0.4) is 0 Å². The van der Waals surface area contributed by atoms with Gasteiger partial charge in [0.2, 0.25) is 0 Å². The van der Waals surface area contributed by atoms with E-state index >= 15 is 0 Å². The lowest BCUT2D eigenvalue weighted by Gasteiger charge is -2.46. The normalized spacial score (nSPS) is 36.1. The number of hydrogen-bond donors (Lipinski definition) is 1. The van der Waals surface area contributed by atoms with Gasteiger partial charge in [-0.05, 0) is 31.6 Å². The summed E-state index contributed by atoms with van der Waals surface area (Å²) in [4.78, 5) is 24.4. The summed E-state index contributed by atoms with van der Waals surface area (Å²) in [6.45, 7) is 14.9. The molecule has 5 unspecified atom stereocenters. The Labute approximate surface area is 145 Å². The maximum atomic E-state index is 13.0. The summed E-state index contributed by atoms with van der Waals surface area (Å²) in [5.74, 6) is -0.00352. The van der Waals surface area contributed by atoms with Gasteiger partial charge in [-0.15, -0.1) is 0 Å². The van der Waals surface area contributed by atoms with Gasteiger partial charge in [-0.1, -0.05) is 34.6 Å². The average molecular weight is 340 g/mol. The van der Waals surface area contributed by atoms with Crippen molar-refractivity contribution >= 4 is 11.8 Å². The van der Waals surface area contributed by atoms with Gasteiger partial charge in [0.1, 0.15) is 6.10 Å². The van der Waals surface area contributed by atoms with E-state index in [4.69, 9.17) is 9.47 Å². The van der Waals surface area contributed by atoms with E-state index < -0.39 is 35.3 Å². The topological polar surface area (TPSA) is 72.8 Å². The summed E-state index contributed by atoms with van der Waals surface area (Å²) in [6, 6.07) is 0. The first-order chi connectivity index (χ1) is 10.7. The van der Waals surface area contributed by atoms with Gasteiger partial charge in [0.25, 0.3) is 0 Å². The van der Waals surface area contributed by atoms with E-state index in [0.29, 0.717) is 6.42 Å². The SMILES string of the molecule is CC(=O)OC(C1CC(C)C2C(O1)C(=O)C(C)(C)C2(C)C)C(C)(C)O. The molecule has 0 aromatic heterocycles. The number of esters is 1. The second kappa shape index (κ2) is 5.80. The van der Waals surface area contributed by atoms with Crippen LogP contribution in [-0.2, 0) is 19.1 Å². The molecule has 0 aromatic carbocycles. The van der Waals surface area contributed by atoms with Crippen molar-refractivity contribution in [3.8, 4) is 0 Å². The molecule has 0 aromatic rings. The summed E-state index contributed by atoms with van der Waals surface area (Å²) in [7, 11) is 0. The zero-order valence-electron chi connectivity index (χ0n) is 16.2. The fraction of sp³-hybridized carbons (Fsp3) is 0.895. The highest BCUT2D eigenvalue weighted by Crippen LogP contribution is 2.59. The first kappa shape index (κ1) is 19.4. The van der Waals surface area contributed by atoms with Gasteiger partial charge in [-0.3, -0.25) is 9.59 Å². The minimum Gasteiger partial charge on any atom is -0.457 e. The van der Waals surface area contributed by atoms with Gasteiger partial charge in [-0.25, -0.2) is 0 Å². The van der Waals surface area contributed by atoms with Crippen molar-refractivity contribution in [3.05, 3.63) is 0 Å². The number of carbonyl (C=O) groups is 2. The number of ether oxygens (including phenoxy) is 2. The zero-order chi connectivity index (χ0) is 18.7. The molecule has 0 spiro atoms. The molecule has 138 valence electrons. The molecule has 24 heavy (non-hydrogen) atoms. The molecule has 1 aliphatic heterocycles. The summed E-state index contributed by atoms with van der Waals surface area (Å²) >= 11 is 0. The molecule has 0 radical (unpaired) electrons. The van der Waals surface area contributed by atoms with E-state index in [2.05, 4.69) is 20.8 Å². The molecule has 2 rings (SSSR count). The Hall–Kier alpha value is -0.940. The first-order valence-corrected chi connectivity index (χ1v) is 8.80. The smallest absolute Gasteiger partial charge is 0.303 e. The van der Waals surface area contributed by atoms with Crippen LogP contribution in [0.5, 0.6) is 0 Å². The third-order valence-electron chi connectivity index (χ3n) is 6.51. The summed E-state index contributed by atoms with van der Waals surface area (Å²) in [5, 5.41) is 10.4. The molecule has 1 saturated carbocycles. The number of fused-ring (bicyclic) bond motifs is 1. The Balaban J connectivity index is 2.34. The molecule has 1 aliphatic carbocycles. The minimum atomic E-state index is -1.24. The molecule has 5 nitrogen and oxygen atoms in total. The first-order valence-electron chi connectivity index (χ1n) is 8.80. The molecule has 5 atom stereocenters. The molecule has 1 saturated heterocycles. The molecule has 2 aliphatic rings. The van der Waals surface area contributed by atoms with Crippen LogP contribution in [0.15, 0.2) is 0 Å². The van der Waals surface area contributed by atoms with Gasteiger partial charge in [-0.2, -0.15) is 0 Å². The Morgan fingerprint density at radius 3 is 2.33 bits per heavy atom. The molecule has 2 fully saturated rings. The number of rotatable bonds is 3. The van der Waals surface area contributed by atoms with Gasteiger partial charge < -0.3 is 14.6 Å². The lowest BCUT2D eigenvalue weighted by atomic mass is 9.62. The highest BCUT2D eigenvalue weighted by Gasteiger charge is 2.64. The largest absolute Gasteiger partial charge is 0.457 e. The van der Waals surface area contributed by atoms with Crippen molar-refractivity contribution < 1.29 is 24.2 Å². The van der Waals surface area contributed by atoms with Crippen LogP contribution in [0.2, 0.25) is 0 Å². The van der Waals surface area contributed by atoms with Crippen LogP contribution in [0.25, 0.3) is 0 Å². The predicted molar refractivity (Wildman–Crippen MR) is 90.4 cm³/mol. The van der Waals surface area contributed by atoms with Gasteiger partial charge in [0.05, 0.1) is 11.7 Å². The van der Waals surface area contributed by atoms with Crippen molar-refractivity contribution in [2.75, 3.05) is 0 Å². The van der Waals surface area contributed by atoms with Crippen LogP contribution >= 0.6 is 0 Å². The maximum Gasteiger partial charge on any atom is 0.303 e. The van der Waals surface area contributed by atoms with Crippen LogP contribution < -0.4 is 0 Å². The Morgan fingerprint density at radius 1 is 1.33 bits per heavy atom. The van der Waals surface area contributed by atoms with Crippen LogP contribution in [-0.4, -0.2) is 40.8 Å². The van der Waals surface area contributed by atoms with Gasteiger partial charge in [0, 0.05) is 18.3 Å². The van der Waals surface area contributed by atoms with Crippen molar-refractivity contribution in [1.82, 2.24) is 0 Å². The van der Waals surface area contributed by atoms with E-state index in [1.165, 1.54) is 6.92 Å². The molecule has 1 heterocycles. The monoisotopic (exact) mass is 340 g/mol. The number of Topliss-reactive ketones (excluding diaryl/α,β-unsaturated/α-hetero) is 1. The standard InChI is InChI=1S/C19H32O5/c1-10-9-12(16(19(7,8)22)23-11(2)20)24-14-13(10)17(3,4)18(5,6)15(14)21/h10,12-14,16,22H,9H2,1-8H3. The highest BCUT2D eigenvalue weighted by molar-refractivity contribution is 5.92. The molecule has 5 heteroatoms. The Kier molecular flexibility index (Phi) is 4.69. The Morgan fingerprint density at radius 2 is 1.88 bits per heavy atom. The molecule has 0 bridgehead atoms. The number of carbonyl (C=O) groups excluding carboxylic acids is 2. The second-order valence-corrected chi connectivity index (χ2v) is 9.23. The summed E-state index contributed by atoms with van der Waals surface area (Å²) in [6.07, 6.45) is -1.14. The average Bonchev–Trinajstić information content (AvgIpc) is 2.53. The molecular formula is C19H32O5. The summed E-state index contributed by atoms with van der Waals surface area (Å²) < 4.78 is 11.5. The van der Waals surface area contributed by atoms with Crippen molar-refractivity contribution in [1.29, 1.82) is 0 Å². The third-order valence-corrected chi connectivity index (χ3v) is 6.51. The predicted octanol–water partition coefficient (Wildman–Crippen LogP) is 2.73. The van der Waals surface area contributed by atoms with E-state index in [1.807, 2.05) is 13.8 Å². The second-order valence-electron chi connectivity index (χ2n) is 9.23. The van der Waals surface area contributed by atoms with Crippen LogP contribution in [0, 0.1) is 22.7 Å². The number of ketones is 1. The fourth-order valence-electron chi connectivity index (χ4n) is 4.59. The van der Waals surface area contributed by atoms with Crippen LogP contribution in [0.4, 0.5) is 0 Å². The maximum absolute atomic E-state index is 13.0. The van der Waals surface area contributed by atoms with Gasteiger partial charge in [0.15, 0.2) is 11.9 Å². The quantitative estimate of drug-likeness (QED) is 0.800. The van der Waals surface area contributed by atoms with E-state index in [1.54, 1.807) is 13.8 Å². The van der Waals surface area contributed by atoms with Crippen molar-refractivity contribution in [3.63, 3.8) is 0 Å². The highest BCUT2D eigenvalue weighted by atomic mass is 16.6. The molecule has 1 N–H and O–H groups in total. The van der Waals surface area contributed by atoms with E-state index in [9.17, 15) is 14.7 Å². The minimum absolute atomic E-state index is 0.103. The fourth-order valence-corrected chi connectivity index (χ4v) is 4.59. The summed E-state index contributed by atoms with van der Waals surface area (Å²) in [5.41, 5.74) is -1.89. The molecule has 0 amide bonds. The lowest BCUT2D eigenvalue weighted by Crippen LogP contribution is -2.54. The third kappa shape index (κ3) is 2.90. The zero-order valence-corrected chi connectivity index (χ0v) is 16.2. The molecular weight excluding hydrogens is 308 g/mol. The number of hydrogen-bond acceptors (Lipinski definition) is 5. The van der Waals surface area contributed by atoms with Crippen LogP contribution in [0.1, 0.15) is 61.8 Å². The van der Waals surface area contributed by atoms with E-state index in [0.717, 1.165) is 0 Å². The number of aliphatic hydroxyl groups is 1. The van der Waals surface area contributed by atoms with Gasteiger partial charge >= 0.3 is 5.97 Å².